The minimum absolute atomic E-state index is 0.151. The monoisotopic (exact) mass is 385 g/mol. The zero-order valence-corrected chi connectivity index (χ0v) is 17.5. The van der Waals surface area contributed by atoms with Gasteiger partial charge in [-0.05, 0) is 46.0 Å². The highest BCUT2D eigenvalue weighted by Crippen LogP contribution is 2.31. The molecule has 1 aromatic carbocycles. The molecule has 0 N–H and O–H groups in total. The number of likely N-dealkylation sites (N-methyl/N-ethyl adjacent to an activating group) is 1. The number of rotatable bonds is 7. The fourth-order valence-electron chi connectivity index (χ4n) is 3.64. The lowest BCUT2D eigenvalue weighted by atomic mass is 10.0. The van der Waals surface area contributed by atoms with Gasteiger partial charge in [0.15, 0.2) is 0 Å². The predicted octanol–water partition coefficient (Wildman–Crippen LogP) is 4.73. The van der Waals surface area contributed by atoms with Gasteiger partial charge in [-0.3, -0.25) is 4.68 Å². The van der Waals surface area contributed by atoms with E-state index in [1.807, 2.05) is 30.7 Å². The Hall–Kier alpha value is -2.11. The number of aryl methyl sites for hydroxylation is 2. The maximum atomic E-state index is 6.48. The number of halogens is 1. The normalized spacial score (nSPS) is 12.7. The lowest BCUT2D eigenvalue weighted by Gasteiger charge is -2.27. The molecule has 2 heterocycles. The second kappa shape index (κ2) is 8.28. The Morgan fingerprint density at radius 2 is 1.93 bits per heavy atom. The maximum absolute atomic E-state index is 6.48. The molecule has 144 valence electrons. The lowest BCUT2D eigenvalue weighted by molar-refractivity contribution is 0.269. The van der Waals surface area contributed by atoms with Gasteiger partial charge in [-0.15, -0.1) is 0 Å². The smallest absolute Gasteiger partial charge is 0.0951 e. The van der Waals surface area contributed by atoms with E-state index in [0.29, 0.717) is 0 Å². The molecular weight excluding hydrogens is 358 g/mol. The first kappa shape index (κ1) is 19.6. The molecule has 6 heteroatoms. The molecule has 0 aliphatic carbocycles. The van der Waals surface area contributed by atoms with Crippen molar-refractivity contribution in [2.45, 2.75) is 46.3 Å². The SMILES string of the molecule is CCCn1nc(C)c(-c2cncn2C[C@H](c2ccccc2Cl)N(C)C)c1C. The Bertz CT molecular complexity index is 909. The fourth-order valence-corrected chi connectivity index (χ4v) is 3.90. The van der Waals surface area contributed by atoms with E-state index in [9.17, 15) is 0 Å². The minimum atomic E-state index is 0.151. The van der Waals surface area contributed by atoms with E-state index < -0.39 is 0 Å². The molecule has 0 saturated heterocycles. The first-order valence-electron chi connectivity index (χ1n) is 9.39. The summed E-state index contributed by atoms with van der Waals surface area (Å²) >= 11 is 6.48. The van der Waals surface area contributed by atoms with E-state index in [2.05, 4.69) is 60.1 Å². The van der Waals surface area contributed by atoms with Crippen LogP contribution in [0.4, 0.5) is 0 Å². The van der Waals surface area contributed by atoms with Crippen LogP contribution in [0.3, 0.4) is 0 Å². The van der Waals surface area contributed by atoms with Crippen molar-refractivity contribution in [2.24, 2.45) is 0 Å². The number of nitrogens with zero attached hydrogens (tertiary/aromatic N) is 5. The molecule has 1 atom stereocenters. The number of imidazole rings is 1. The molecule has 3 aromatic rings. The summed E-state index contributed by atoms with van der Waals surface area (Å²) in [5, 5.41) is 5.52. The van der Waals surface area contributed by atoms with E-state index in [0.717, 1.165) is 41.5 Å². The topological polar surface area (TPSA) is 38.9 Å². The molecule has 0 fully saturated rings. The van der Waals surface area contributed by atoms with Crippen LogP contribution in [0.15, 0.2) is 36.8 Å². The second-order valence-electron chi connectivity index (χ2n) is 7.20. The summed E-state index contributed by atoms with van der Waals surface area (Å²) in [7, 11) is 4.17. The zero-order valence-electron chi connectivity index (χ0n) is 16.8. The molecule has 0 amide bonds. The van der Waals surface area contributed by atoms with Crippen molar-refractivity contribution in [1.29, 1.82) is 0 Å². The number of benzene rings is 1. The Morgan fingerprint density at radius 3 is 2.59 bits per heavy atom. The molecule has 2 aromatic heterocycles. The summed E-state index contributed by atoms with van der Waals surface area (Å²) in [6.07, 6.45) is 4.90. The third-order valence-electron chi connectivity index (χ3n) is 5.04. The molecule has 0 radical (unpaired) electrons. The van der Waals surface area contributed by atoms with Crippen LogP contribution in [0.25, 0.3) is 11.3 Å². The number of hydrogen-bond donors (Lipinski definition) is 0. The minimum Gasteiger partial charge on any atom is -0.329 e. The van der Waals surface area contributed by atoms with Gasteiger partial charge < -0.3 is 9.47 Å². The Kier molecular flexibility index (Phi) is 6.02. The van der Waals surface area contributed by atoms with Crippen molar-refractivity contribution in [1.82, 2.24) is 24.2 Å². The summed E-state index contributed by atoms with van der Waals surface area (Å²) in [5.41, 5.74) is 5.64. The molecule has 0 saturated carbocycles. The summed E-state index contributed by atoms with van der Waals surface area (Å²) in [6.45, 7) is 8.08. The van der Waals surface area contributed by atoms with Crippen molar-refractivity contribution >= 4 is 11.6 Å². The Morgan fingerprint density at radius 1 is 1.19 bits per heavy atom. The van der Waals surface area contributed by atoms with Gasteiger partial charge in [0, 0.05) is 29.4 Å². The molecule has 0 aliphatic rings. The molecule has 0 bridgehead atoms. The highest BCUT2D eigenvalue weighted by Gasteiger charge is 2.21. The van der Waals surface area contributed by atoms with Gasteiger partial charge in [-0.1, -0.05) is 36.7 Å². The van der Waals surface area contributed by atoms with Crippen LogP contribution in [0.1, 0.15) is 36.3 Å². The average Bonchev–Trinajstić information content (AvgIpc) is 3.18. The third kappa shape index (κ3) is 3.94. The van der Waals surface area contributed by atoms with Gasteiger partial charge in [0.05, 0.1) is 30.0 Å². The molecule has 0 aliphatic heterocycles. The van der Waals surface area contributed by atoms with Crippen molar-refractivity contribution < 1.29 is 0 Å². The van der Waals surface area contributed by atoms with Crippen LogP contribution in [0, 0.1) is 13.8 Å². The maximum Gasteiger partial charge on any atom is 0.0951 e. The molecule has 0 unspecified atom stereocenters. The molecular formula is C21H28ClN5. The largest absolute Gasteiger partial charge is 0.329 e. The van der Waals surface area contributed by atoms with Crippen LogP contribution in [0.5, 0.6) is 0 Å². The van der Waals surface area contributed by atoms with Gasteiger partial charge >= 0.3 is 0 Å². The molecule has 27 heavy (non-hydrogen) atoms. The van der Waals surface area contributed by atoms with Gasteiger partial charge in [-0.25, -0.2) is 4.98 Å². The fraction of sp³-hybridized carbons (Fsp3) is 0.429. The van der Waals surface area contributed by atoms with Crippen molar-refractivity contribution in [2.75, 3.05) is 14.1 Å². The van der Waals surface area contributed by atoms with E-state index >= 15 is 0 Å². The van der Waals surface area contributed by atoms with Gasteiger partial charge in [0.25, 0.3) is 0 Å². The van der Waals surface area contributed by atoms with Crippen LogP contribution >= 0.6 is 11.6 Å². The standard InChI is InChI=1S/C21H28ClN5/c1-6-11-27-16(3)21(15(2)24-27)19-12-23-14-26(19)13-20(25(4)5)17-9-7-8-10-18(17)22/h7-10,12,14,20H,6,11,13H2,1-5H3/t20-/m1/s1. The quantitative estimate of drug-likeness (QED) is 0.590. The molecule has 5 nitrogen and oxygen atoms in total. The predicted molar refractivity (Wildman–Crippen MR) is 111 cm³/mol. The second-order valence-corrected chi connectivity index (χ2v) is 7.61. The van der Waals surface area contributed by atoms with Crippen molar-refractivity contribution in [3.8, 4) is 11.3 Å². The average molecular weight is 386 g/mol. The van der Waals surface area contributed by atoms with Gasteiger partial charge in [0.2, 0.25) is 0 Å². The van der Waals surface area contributed by atoms with E-state index in [1.165, 1.54) is 11.3 Å². The first-order valence-corrected chi connectivity index (χ1v) is 9.77. The zero-order chi connectivity index (χ0) is 19.6. The highest BCUT2D eigenvalue weighted by molar-refractivity contribution is 6.31. The summed E-state index contributed by atoms with van der Waals surface area (Å²) in [5.74, 6) is 0. The van der Waals surface area contributed by atoms with Crippen LogP contribution in [-0.4, -0.2) is 38.3 Å². The van der Waals surface area contributed by atoms with Crippen LogP contribution in [0.2, 0.25) is 5.02 Å². The highest BCUT2D eigenvalue weighted by atomic mass is 35.5. The summed E-state index contributed by atoms with van der Waals surface area (Å²) in [4.78, 5) is 6.64. The van der Waals surface area contributed by atoms with Crippen molar-refractivity contribution in [3.63, 3.8) is 0 Å². The van der Waals surface area contributed by atoms with Gasteiger partial charge in [0.1, 0.15) is 0 Å². The van der Waals surface area contributed by atoms with Gasteiger partial charge in [-0.2, -0.15) is 5.10 Å². The summed E-state index contributed by atoms with van der Waals surface area (Å²) in [6, 6.07) is 8.20. The first-order chi connectivity index (χ1) is 12.9. The van der Waals surface area contributed by atoms with E-state index in [-0.39, 0.29) is 6.04 Å². The van der Waals surface area contributed by atoms with E-state index in [4.69, 9.17) is 16.7 Å². The number of aromatic nitrogens is 4. The Balaban J connectivity index is 1.99. The number of hydrogen-bond acceptors (Lipinski definition) is 3. The Labute approximate surface area is 166 Å². The van der Waals surface area contributed by atoms with Crippen molar-refractivity contribution in [3.05, 3.63) is 58.8 Å². The molecule has 0 spiro atoms. The van der Waals surface area contributed by atoms with E-state index in [1.54, 1.807) is 0 Å². The molecule has 3 rings (SSSR count). The summed E-state index contributed by atoms with van der Waals surface area (Å²) < 4.78 is 4.31. The third-order valence-corrected chi connectivity index (χ3v) is 5.39. The lowest BCUT2D eigenvalue weighted by Crippen LogP contribution is -2.25. The van der Waals surface area contributed by atoms with Crippen LogP contribution in [-0.2, 0) is 13.1 Å². The van der Waals surface area contributed by atoms with Crippen LogP contribution < -0.4 is 0 Å².